The van der Waals surface area contributed by atoms with Crippen LogP contribution in [0, 0.1) is 17.8 Å². The highest BCUT2D eigenvalue weighted by Gasteiger charge is 2.35. The Morgan fingerprint density at radius 1 is 0.808 bits per heavy atom. The van der Waals surface area contributed by atoms with E-state index < -0.39 is 82.8 Å². The van der Waals surface area contributed by atoms with E-state index in [2.05, 4.69) is 61.6 Å². The molecule has 0 bridgehead atoms. The molecular weight excluding hydrogens is 991 g/mol. The number of benzene rings is 2. The molecule has 1 saturated heterocycles. The van der Waals surface area contributed by atoms with E-state index in [9.17, 15) is 38.4 Å². The van der Waals surface area contributed by atoms with E-state index in [1.807, 2.05) is 36.4 Å². The van der Waals surface area contributed by atoms with Gasteiger partial charge in [-0.2, -0.15) is 0 Å². The number of nitrogens with two attached hydrogens (primary N) is 3. The van der Waals surface area contributed by atoms with Gasteiger partial charge in [0, 0.05) is 98.4 Å². The minimum Gasteiger partial charge on any atom is -0.370 e. The van der Waals surface area contributed by atoms with E-state index in [4.69, 9.17) is 17.2 Å². The van der Waals surface area contributed by atoms with E-state index in [0.29, 0.717) is 24.1 Å². The van der Waals surface area contributed by atoms with E-state index in [0.717, 1.165) is 35.7 Å². The fourth-order valence-corrected chi connectivity index (χ4v) is 9.52. The van der Waals surface area contributed by atoms with Crippen molar-refractivity contribution in [2.24, 2.45) is 39.9 Å². The first-order valence-electron chi connectivity index (χ1n) is 27.9. The highest BCUT2D eigenvalue weighted by Crippen LogP contribution is 2.27. The lowest BCUT2D eigenvalue weighted by molar-refractivity contribution is -0.135. The minimum absolute atomic E-state index is 0.00390. The second-order valence-corrected chi connectivity index (χ2v) is 20.4. The Balaban J connectivity index is 0.00000151. The normalized spacial score (nSPS) is 19.3. The maximum atomic E-state index is 14.7. The summed E-state index contributed by atoms with van der Waals surface area (Å²) in [6.07, 6.45) is 16.1. The molecular formula is C59H85N11O8. The second-order valence-electron chi connectivity index (χ2n) is 20.4. The lowest BCUT2D eigenvalue weighted by atomic mass is 9.81. The quantitative estimate of drug-likeness (QED) is 0.0159. The van der Waals surface area contributed by atoms with Gasteiger partial charge < -0.3 is 48.4 Å². The number of allylic oxidation sites excluding steroid dienone is 1. The molecule has 0 spiro atoms. The van der Waals surface area contributed by atoms with Crippen LogP contribution in [0.4, 0.5) is 0 Å². The van der Waals surface area contributed by atoms with Gasteiger partial charge in [0.2, 0.25) is 29.5 Å². The smallest absolute Gasteiger partial charge is 0.243 e. The number of para-hydroxylation sites is 1. The summed E-state index contributed by atoms with van der Waals surface area (Å²) in [4.78, 5) is 126. The third-order valence-corrected chi connectivity index (χ3v) is 14.0. The molecule has 19 nitrogen and oxygen atoms in total. The molecule has 0 aliphatic carbocycles. The Hall–Kier alpha value is -7.44. The number of nitrogens with one attached hydrogen (secondary N) is 6. The summed E-state index contributed by atoms with van der Waals surface area (Å²) >= 11 is 0. The zero-order chi connectivity index (χ0) is 56.7. The van der Waals surface area contributed by atoms with Crippen molar-refractivity contribution in [2.45, 2.75) is 167 Å². The highest BCUT2D eigenvalue weighted by molar-refractivity contribution is 5.98. The number of nitrogens with zero attached hydrogens (tertiary/aromatic N) is 2. The summed E-state index contributed by atoms with van der Waals surface area (Å²) in [5.41, 5.74) is 19.9. The molecule has 5 amide bonds. The van der Waals surface area contributed by atoms with Crippen molar-refractivity contribution < 1.29 is 38.4 Å². The molecule has 0 saturated carbocycles. The van der Waals surface area contributed by atoms with Crippen molar-refractivity contribution in [3.8, 4) is 0 Å². The van der Waals surface area contributed by atoms with Crippen LogP contribution in [-0.4, -0.2) is 99.0 Å². The van der Waals surface area contributed by atoms with Crippen LogP contribution in [0.2, 0.25) is 0 Å². The number of aromatic nitrogens is 3. The topological polar surface area (TPSA) is 320 Å². The number of unbranched alkanes of at least 4 members (excludes halogenated alkanes) is 7. The predicted molar refractivity (Wildman–Crippen MR) is 303 cm³/mol. The molecule has 12 N–H and O–H groups in total. The molecule has 78 heavy (non-hydrogen) atoms. The van der Waals surface area contributed by atoms with Gasteiger partial charge in [0.05, 0.1) is 12.4 Å². The summed E-state index contributed by atoms with van der Waals surface area (Å²) in [6.45, 7) is 8.04. The number of H-pyrrole nitrogens is 2. The molecule has 1 aliphatic rings. The van der Waals surface area contributed by atoms with E-state index >= 15 is 0 Å². The van der Waals surface area contributed by atoms with Crippen molar-refractivity contribution in [3.63, 3.8) is 0 Å². The number of hydrogen-bond donors (Lipinski definition) is 9. The van der Waals surface area contributed by atoms with Gasteiger partial charge in [-0.3, -0.25) is 43.3 Å². The largest absolute Gasteiger partial charge is 0.370 e. The molecule has 6 atom stereocenters. The second kappa shape index (κ2) is 35.1. The Kier molecular flexibility index (Phi) is 28.4. The Morgan fingerprint density at radius 3 is 2.22 bits per heavy atom. The molecule has 0 radical (unpaired) electrons. The SMILES string of the molecule is C=CCCCCCC.CCCCCCC(=O)N[C@H]1CCC(=O)NCC[C@@H](C(=O)C[C@@H](Cc2c[nH]c3ccccc23)C(N)=O)CC(=O)[C@H](CCCN=C(N)N)CC(=O)[C@@H](Cc2ccccc2)NC(=O)[C@H](Cc2cnc[nH]2)NC1=O. The lowest BCUT2D eigenvalue weighted by Crippen LogP contribution is -2.57. The standard InChI is InChI=1S/C51H69N11O8.C8H16/c1-2-3-4-8-17-47(67)60-40-18-19-46(66)56-22-20-34(44(64)27-35(48(52)68)24-36-29-58-39-16-10-9-15-38(36)39)25-43(63)33(14-11-21-57-51(53)54)26-45(65)41(23-32-12-6-5-7-13-32)61-50(70)42(62-49(40)69)28-37-30-55-31-59-37;1-3-5-7-8-6-4-2/h5-7,9-10,12-13,15-16,29-31,33-35,40-42,58H,2-4,8,11,14,17-28H2,1H3,(H2,52,68)(H,55,59)(H,56,66)(H,60,67)(H,61,70)(H,62,69)(H4,53,54,57);3H,1,4-8H2,2H3/t33-,34-,35-,40+,41-,42+;/m1./s1. The number of ketones is 3. The molecule has 3 heterocycles. The summed E-state index contributed by atoms with van der Waals surface area (Å²) in [6, 6.07) is 12.9. The number of hydrogen-bond acceptors (Lipinski definition) is 10. The van der Waals surface area contributed by atoms with Crippen molar-refractivity contribution in [1.29, 1.82) is 0 Å². The van der Waals surface area contributed by atoms with E-state index in [-0.39, 0.29) is 89.7 Å². The fourth-order valence-electron chi connectivity index (χ4n) is 9.52. The van der Waals surface area contributed by atoms with Crippen LogP contribution in [0.3, 0.4) is 0 Å². The highest BCUT2D eigenvalue weighted by atomic mass is 16.2. The van der Waals surface area contributed by atoms with Gasteiger partial charge in [-0.15, -0.1) is 6.58 Å². The first-order valence-corrected chi connectivity index (χ1v) is 27.9. The number of imidazole rings is 1. The van der Waals surface area contributed by atoms with E-state index in [1.54, 1.807) is 30.5 Å². The third-order valence-electron chi connectivity index (χ3n) is 14.0. The van der Waals surface area contributed by atoms with Gasteiger partial charge in [0.25, 0.3) is 0 Å². The van der Waals surface area contributed by atoms with Crippen LogP contribution in [-0.2, 0) is 57.6 Å². The lowest BCUT2D eigenvalue weighted by Gasteiger charge is -2.26. The molecule has 4 aromatic rings. The number of fused-ring (bicyclic) bond motifs is 1. The number of guanidine groups is 1. The number of amides is 5. The number of carbonyl (C=O) groups is 8. The molecule has 5 rings (SSSR count). The Bertz CT molecular complexity index is 2560. The zero-order valence-electron chi connectivity index (χ0n) is 45.8. The maximum Gasteiger partial charge on any atom is 0.243 e. The van der Waals surface area contributed by atoms with Gasteiger partial charge in [-0.25, -0.2) is 4.98 Å². The van der Waals surface area contributed by atoms with E-state index in [1.165, 1.54) is 44.6 Å². The number of aliphatic imine (C=N–C) groups is 1. The van der Waals surface area contributed by atoms with Crippen LogP contribution in [0.5, 0.6) is 0 Å². The van der Waals surface area contributed by atoms with Crippen LogP contribution in [0.15, 0.2) is 91.0 Å². The summed E-state index contributed by atoms with van der Waals surface area (Å²) in [5.74, 6) is -7.32. The monoisotopic (exact) mass is 1080 g/mol. The molecule has 424 valence electrons. The molecule has 2 aromatic heterocycles. The van der Waals surface area contributed by atoms with Crippen LogP contribution in [0.25, 0.3) is 10.9 Å². The van der Waals surface area contributed by atoms with Crippen LogP contribution >= 0.6 is 0 Å². The third kappa shape index (κ3) is 23.0. The number of Topliss-reactive ketones (excluding diaryl/α,β-unsaturated/α-hetero) is 3. The van der Waals surface area contributed by atoms with Crippen molar-refractivity contribution >= 4 is 63.7 Å². The number of aromatic amines is 2. The van der Waals surface area contributed by atoms with Gasteiger partial charge in [0.1, 0.15) is 23.7 Å². The van der Waals surface area contributed by atoms with Crippen molar-refractivity contribution in [1.82, 2.24) is 36.2 Å². The average Bonchev–Trinajstić information content (AvgIpc) is 4.10. The minimum atomic E-state index is -1.28. The van der Waals surface area contributed by atoms with Crippen molar-refractivity contribution in [3.05, 3.63) is 103 Å². The van der Waals surface area contributed by atoms with Crippen molar-refractivity contribution in [2.75, 3.05) is 13.1 Å². The number of rotatable bonds is 25. The number of carbonyl (C=O) groups excluding carboxylic acids is 8. The van der Waals surface area contributed by atoms with Gasteiger partial charge in [-0.05, 0) is 75.0 Å². The molecule has 19 heteroatoms. The molecule has 2 aromatic carbocycles. The van der Waals surface area contributed by atoms with Gasteiger partial charge in [0.15, 0.2) is 11.7 Å². The fraction of sp³-hybridized carbons (Fsp3) is 0.525. The predicted octanol–water partition coefficient (Wildman–Crippen LogP) is 6.05. The average molecular weight is 1080 g/mol. The summed E-state index contributed by atoms with van der Waals surface area (Å²) < 4.78 is 0. The maximum absolute atomic E-state index is 14.7. The van der Waals surface area contributed by atoms with Gasteiger partial charge >= 0.3 is 0 Å². The number of primary amides is 1. The van der Waals surface area contributed by atoms with Crippen LogP contribution < -0.4 is 38.5 Å². The Morgan fingerprint density at radius 2 is 1.53 bits per heavy atom. The Labute approximate surface area is 459 Å². The summed E-state index contributed by atoms with van der Waals surface area (Å²) in [7, 11) is 0. The zero-order valence-corrected chi connectivity index (χ0v) is 45.8. The summed E-state index contributed by atoms with van der Waals surface area (Å²) in [5, 5.41) is 12.1. The molecule has 1 aliphatic heterocycles. The molecule has 0 unspecified atom stereocenters. The first-order chi connectivity index (χ1) is 37.6. The van der Waals surface area contributed by atoms with Crippen LogP contribution in [0.1, 0.15) is 146 Å². The first kappa shape index (κ1) is 63.1. The molecule has 1 fully saturated rings. The van der Waals surface area contributed by atoms with Gasteiger partial charge in [-0.1, -0.05) is 107 Å².